The number of carbonyl (C=O) groups excluding carboxylic acids is 3. The zero-order chi connectivity index (χ0) is 14.0. The molecule has 0 spiro atoms. The predicted octanol–water partition coefficient (Wildman–Crippen LogP) is 1.01. The second-order valence-corrected chi connectivity index (χ2v) is 4.57. The molecule has 1 fully saturated rings. The van der Waals surface area contributed by atoms with E-state index in [1.807, 2.05) is 0 Å². The number of halogens is 1. The summed E-state index contributed by atoms with van der Waals surface area (Å²) >= 11 is 5.91. The Morgan fingerprint density at radius 1 is 1.32 bits per heavy atom. The molecule has 7 heteroatoms. The Hall–Kier alpha value is -2.08. The standard InChI is InChI=1S/C12H12ClN3O3/c13-8-5-7(14)1-2-9(8)15-10(17)6-16-11(18)3-4-12(16)19/h1-2,5H,3-4,6,14H2,(H,15,17). The van der Waals surface area contributed by atoms with Crippen molar-refractivity contribution in [3.63, 3.8) is 0 Å². The number of amides is 3. The van der Waals surface area contributed by atoms with Crippen LogP contribution >= 0.6 is 11.6 Å². The Bertz CT molecular complexity index is 543. The molecule has 0 atom stereocenters. The van der Waals surface area contributed by atoms with Crippen LogP contribution in [0.1, 0.15) is 12.8 Å². The maximum atomic E-state index is 11.7. The highest BCUT2D eigenvalue weighted by Gasteiger charge is 2.30. The quantitative estimate of drug-likeness (QED) is 0.639. The second kappa shape index (κ2) is 5.27. The molecule has 1 saturated heterocycles. The number of nitrogens with one attached hydrogen (secondary N) is 1. The summed E-state index contributed by atoms with van der Waals surface area (Å²) in [6.07, 6.45) is 0.323. The summed E-state index contributed by atoms with van der Waals surface area (Å²) < 4.78 is 0. The van der Waals surface area contributed by atoms with Gasteiger partial charge >= 0.3 is 0 Å². The third kappa shape index (κ3) is 3.03. The number of likely N-dealkylation sites (tertiary alicyclic amines) is 1. The lowest BCUT2D eigenvalue weighted by atomic mass is 10.3. The van der Waals surface area contributed by atoms with Gasteiger partial charge in [0.1, 0.15) is 6.54 Å². The third-order valence-corrected chi connectivity index (χ3v) is 3.04. The lowest BCUT2D eigenvalue weighted by molar-refractivity contribution is -0.141. The van der Waals surface area contributed by atoms with Crippen molar-refractivity contribution in [1.29, 1.82) is 0 Å². The molecule has 100 valence electrons. The van der Waals surface area contributed by atoms with E-state index in [0.717, 1.165) is 4.90 Å². The molecule has 1 heterocycles. The highest BCUT2D eigenvalue weighted by Crippen LogP contribution is 2.24. The SMILES string of the molecule is Nc1ccc(NC(=O)CN2C(=O)CCC2=O)c(Cl)c1. The first-order valence-electron chi connectivity index (χ1n) is 5.65. The fourth-order valence-corrected chi connectivity index (χ4v) is 2.00. The van der Waals surface area contributed by atoms with E-state index < -0.39 is 5.91 Å². The van der Waals surface area contributed by atoms with Crippen molar-refractivity contribution >= 4 is 40.7 Å². The molecule has 19 heavy (non-hydrogen) atoms. The maximum Gasteiger partial charge on any atom is 0.244 e. The second-order valence-electron chi connectivity index (χ2n) is 4.16. The van der Waals surface area contributed by atoms with Gasteiger partial charge in [-0.2, -0.15) is 0 Å². The molecule has 1 aromatic carbocycles. The molecular weight excluding hydrogens is 270 g/mol. The monoisotopic (exact) mass is 281 g/mol. The van der Waals surface area contributed by atoms with E-state index in [0.29, 0.717) is 16.4 Å². The Kier molecular flexibility index (Phi) is 3.71. The summed E-state index contributed by atoms with van der Waals surface area (Å²) in [5, 5.41) is 2.83. The van der Waals surface area contributed by atoms with Gasteiger partial charge in [-0.1, -0.05) is 11.6 Å². The van der Waals surface area contributed by atoms with Crippen LogP contribution in [0.5, 0.6) is 0 Å². The van der Waals surface area contributed by atoms with Crippen LogP contribution in [0, 0.1) is 0 Å². The van der Waals surface area contributed by atoms with E-state index in [2.05, 4.69) is 5.32 Å². The van der Waals surface area contributed by atoms with Gasteiger partial charge in [-0.15, -0.1) is 0 Å². The number of imide groups is 1. The van der Waals surface area contributed by atoms with E-state index >= 15 is 0 Å². The van der Waals surface area contributed by atoms with Crippen molar-refractivity contribution < 1.29 is 14.4 Å². The highest BCUT2D eigenvalue weighted by molar-refractivity contribution is 6.34. The van der Waals surface area contributed by atoms with Gasteiger partial charge in [0.2, 0.25) is 17.7 Å². The Morgan fingerprint density at radius 3 is 2.53 bits per heavy atom. The lowest BCUT2D eigenvalue weighted by Crippen LogP contribution is -2.36. The first kappa shape index (κ1) is 13.4. The molecule has 0 unspecified atom stereocenters. The van der Waals surface area contributed by atoms with Crippen molar-refractivity contribution in [2.45, 2.75) is 12.8 Å². The van der Waals surface area contributed by atoms with Crippen LogP contribution in [0.3, 0.4) is 0 Å². The topological polar surface area (TPSA) is 92.5 Å². The van der Waals surface area contributed by atoms with Crippen LogP contribution in [-0.2, 0) is 14.4 Å². The number of hydrogen-bond acceptors (Lipinski definition) is 4. The molecule has 0 aromatic heterocycles. The third-order valence-electron chi connectivity index (χ3n) is 2.72. The van der Waals surface area contributed by atoms with Gasteiger partial charge < -0.3 is 11.1 Å². The molecule has 1 aromatic rings. The van der Waals surface area contributed by atoms with E-state index in [4.69, 9.17) is 17.3 Å². The largest absolute Gasteiger partial charge is 0.399 e. The van der Waals surface area contributed by atoms with E-state index in [-0.39, 0.29) is 31.2 Å². The first-order chi connectivity index (χ1) is 8.97. The summed E-state index contributed by atoms with van der Waals surface area (Å²) in [7, 11) is 0. The molecule has 2 rings (SSSR count). The number of nitrogen functional groups attached to an aromatic ring is 1. The van der Waals surface area contributed by atoms with E-state index in [1.165, 1.54) is 6.07 Å². The molecule has 0 saturated carbocycles. The van der Waals surface area contributed by atoms with Gasteiger partial charge in [-0.05, 0) is 18.2 Å². The van der Waals surface area contributed by atoms with Gasteiger partial charge in [0.15, 0.2) is 0 Å². The summed E-state index contributed by atoms with van der Waals surface area (Å²) in [6.45, 7) is -0.293. The van der Waals surface area contributed by atoms with Crippen molar-refractivity contribution in [2.24, 2.45) is 0 Å². The molecule has 3 N–H and O–H groups in total. The minimum absolute atomic E-state index is 0.161. The number of nitrogens with zero attached hydrogens (tertiary/aromatic N) is 1. The molecule has 1 aliphatic rings. The van der Waals surface area contributed by atoms with Gasteiger partial charge in [0.25, 0.3) is 0 Å². The average Bonchev–Trinajstić information content (AvgIpc) is 2.65. The van der Waals surface area contributed by atoms with E-state index in [1.54, 1.807) is 12.1 Å². The van der Waals surface area contributed by atoms with Crippen molar-refractivity contribution in [3.05, 3.63) is 23.2 Å². The summed E-state index contributed by atoms with van der Waals surface area (Å²) in [4.78, 5) is 35.4. The summed E-state index contributed by atoms with van der Waals surface area (Å²) in [5.74, 6) is -1.14. The van der Waals surface area contributed by atoms with Crippen LogP contribution in [0.4, 0.5) is 11.4 Å². The molecule has 3 amide bonds. The lowest BCUT2D eigenvalue weighted by Gasteiger charge is -2.14. The normalized spacial score (nSPS) is 14.9. The molecule has 0 radical (unpaired) electrons. The Balaban J connectivity index is 2.01. The summed E-state index contributed by atoms with van der Waals surface area (Å²) in [5.41, 5.74) is 6.40. The zero-order valence-corrected chi connectivity index (χ0v) is 10.7. The van der Waals surface area contributed by atoms with Crippen molar-refractivity contribution in [2.75, 3.05) is 17.6 Å². The van der Waals surface area contributed by atoms with Gasteiger partial charge in [0.05, 0.1) is 10.7 Å². The predicted molar refractivity (Wildman–Crippen MR) is 70.4 cm³/mol. The molecular formula is C12H12ClN3O3. The fraction of sp³-hybridized carbons (Fsp3) is 0.250. The highest BCUT2D eigenvalue weighted by atomic mass is 35.5. The number of anilines is 2. The molecule has 1 aliphatic heterocycles. The smallest absolute Gasteiger partial charge is 0.244 e. The molecule has 0 aliphatic carbocycles. The molecule has 0 bridgehead atoms. The van der Waals surface area contributed by atoms with Crippen molar-refractivity contribution in [3.8, 4) is 0 Å². The van der Waals surface area contributed by atoms with Crippen LogP contribution in [0.2, 0.25) is 5.02 Å². The first-order valence-corrected chi connectivity index (χ1v) is 6.03. The van der Waals surface area contributed by atoms with Gasteiger partial charge in [-0.25, -0.2) is 0 Å². The number of carbonyl (C=O) groups is 3. The fourth-order valence-electron chi connectivity index (χ4n) is 1.77. The molecule has 6 nitrogen and oxygen atoms in total. The van der Waals surface area contributed by atoms with Crippen LogP contribution in [0.25, 0.3) is 0 Å². The number of nitrogens with two attached hydrogens (primary N) is 1. The van der Waals surface area contributed by atoms with Crippen LogP contribution in [-0.4, -0.2) is 29.2 Å². The average molecular weight is 282 g/mol. The van der Waals surface area contributed by atoms with Crippen molar-refractivity contribution in [1.82, 2.24) is 4.90 Å². The Morgan fingerprint density at radius 2 is 1.95 bits per heavy atom. The van der Waals surface area contributed by atoms with E-state index in [9.17, 15) is 14.4 Å². The maximum absolute atomic E-state index is 11.7. The Labute approximate surface area is 114 Å². The van der Waals surface area contributed by atoms with Crippen LogP contribution in [0.15, 0.2) is 18.2 Å². The number of benzene rings is 1. The number of hydrogen-bond donors (Lipinski definition) is 2. The zero-order valence-electron chi connectivity index (χ0n) is 9.98. The number of rotatable bonds is 3. The minimum Gasteiger partial charge on any atom is -0.399 e. The minimum atomic E-state index is -0.477. The van der Waals surface area contributed by atoms with Gasteiger partial charge in [-0.3, -0.25) is 19.3 Å². The van der Waals surface area contributed by atoms with Gasteiger partial charge in [0, 0.05) is 18.5 Å². The summed E-state index contributed by atoms with van der Waals surface area (Å²) in [6, 6.07) is 4.65. The van der Waals surface area contributed by atoms with Crippen LogP contribution < -0.4 is 11.1 Å².